The van der Waals surface area contributed by atoms with Crippen LogP contribution in [-0.4, -0.2) is 47.7 Å². The summed E-state index contributed by atoms with van der Waals surface area (Å²) in [7, 11) is 2.90. The summed E-state index contributed by atoms with van der Waals surface area (Å²) in [6.45, 7) is 4.20. The number of ether oxygens (including phenoxy) is 2. The molecule has 4 rings (SSSR count). The first-order chi connectivity index (χ1) is 16.1. The largest absolute Gasteiger partial charge is 0.507 e. The third-order valence-electron chi connectivity index (χ3n) is 7.35. The molecule has 1 aliphatic heterocycles. The van der Waals surface area contributed by atoms with E-state index < -0.39 is 17.6 Å². The molecule has 1 saturated carbocycles. The summed E-state index contributed by atoms with van der Waals surface area (Å²) in [5.74, 6) is 0.168. The fraction of sp³-hybridized carbons (Fsp3) is 0.444. The highest BCUT2D eigenvalue weighted by atomic mass is 16.5. The Kier molecular flexibility index (Phi) is 6.46. The van der Waals surface area contributed by atoms with Crippen LogP contribution in [0.3, 0.4) is 0 Å². The molecule has 7 heteroatoms. The van der Waals surface area contributed by atoms with Gasteiger partial charge in [-0.15, -0.1) is 0 Å². The van der Waals surface area contributed by atoms with Gasteiger partial charge in [0.2, 0.25) is 0 Å². The van der Waals surface area contributed by atoms with Crippen molar-refractivity contribution in [3.63, 3.8) is 0 Å². The van der Waals surface area contributed by atoms with E-state index in [0.29, 0.717) is 22.6 Å². The first-order valence-electron chi connectivity index (χ1n) is 11.6. The number of carbonyl (C=O) groups excluding carboxylic acids is 1. The molecule has 182 valence electrons. The molecule has 2 aromatic rings. The number of amides is 1. The van der Waals surface area contributed by atoms with Gasteiger partial charge in [-0.05, 0) is 60.4 Å². The van der Waals surface area contributed by atoms with E-state index in [2.05, 4.69) is 25.2 Å². The van der Waals surface area contributed by atoms with Crippen LogP contribution in [0.1, 0.15) is 49.8 Å². The maximum absolute atomic E-state index is 12.8. The maximum Gasteiger partial charge on any atom is 0.257 e. The van der Waals surface area contributed by atoms with Crippen LogP contribution in [0.15, 0.2) is 42.5 Å². The van der Waals surface area contributed by atoms with E-state index in [0.717, 1.165) is 19.3 Å². The lowest BCUT2D eigenvalue weighted by atomic mass is 9.70. The normalized spacial score (nSPS) is 31.2. The van der Waals surface area contributed by atoms with Crippen LogP contribution < -0.4 is 10.1 Å². The summed E-state index contributed by atoms with van der Waals surface area (Å²) in [6.07, 6.45) is 4.79. The van der Waals surface area contributed by atoms with Crippen LogP contribution in [0.5, 0.6) is 11.5 Å². The zero-order valence-corrected chi connectivity index (χ0v) is 20.0. The van der Waals surface area contributed by atoms with Gasteiger partial charge in [0.15, 0.2) is 11.7 Å². The number of aliphatic hydroxyl groups excluding tert-OH is 1. The lowest BCUT2D eigenvalue weighted by molar-refractivity contribution is -0.142. The molecule has 1 heterocycles. The molecule has 0 saturated heterocycles. The minimum absolute atomic E-state index is 0.115. The number of methoxy groups -OCH3 is 2. The number of phenolic OH excluding ortho intramolecular Hbond substituents is 1. The van der Waals surface area contributed by atoms with E-state index in [1.165, 1.54) is 7.11 Å². The fourth-order valence-corrected chi connectivity index (χ4v) is 5.35. The molecule has 0 aromatic heterocycles. The molecule has 2 aliphatic rings. The molecule has 4 N–H and O–H groups in total. The average Bonchev–Trinajstić information content (AvgIpc) is 2.81. The van der Waals surface area contributed by atoms with E-state index in [9.17, 15) is 20.1 Å². The zero-order chi connectivity index (χ0) is 24.7. The first kappa shape index (κ1) is 24.3. The van der Waals surface area contributed by atoms with Crippen molar-refractivity contribution in [3.05, 3.63) is 59.2 Å². The van der Waals surface area contributed by atoms with Crippen molar-refractivity contribution in [2.45, 2.75) is 50.9 Å². The molecule has 7 nitrogen and oxygen atoms in total. The molecular formula is C27H33NO6. The number of hydrogen-bond donors (Lipinski definition) is 4. The second-order valence-electron chi connectivity index (χ2n) is 9.80. The Balaban J connectivity index is 1.80. The Morgan fingerprint density at radius 3 is 2.47 bits per heavy atom. The standard InChI is InChI=1S/C27H33NO6/c1-16-15-26(2,14-12-21(16)29)13-11-17-5-10-20-22(23(17)30)27(32,24(34-4)25(31)28-20)18-6-8-19(33-3)9-7-18/h5-11,13,16,21,24,29-30,32H,12,14-15H2,1-4H3,(H,28,31)/t16-,21-,24+,26+,27-/m0/s1. The van der Waals surface area contributed by atoms with Gasteiger partial charge in [-0.25, -0.2) is 0 Å². The van der Waals surface area contributed by atoms with Crippen LogP contribution in [0, 0.1) is 11.3 Å². The van der Waals surface area contributed by atoms with Gasteiger partial charge in [0.05, 0.1) is 24.5 Å². The molecule has 1 amide bonds. The number of rotatable bonds is 5. The van der Waals surface area contributed by atoms with Crippen LogP contribution in [0.2, 0.25) is 0 Å². The lowest BCUT2D eigenvalue weighted by Gasteiger charge is -2.40. The summed E-state index contributed by atoms with van der Waals surface area (Å²) < 4.78 is 10.7. The van der Waals surface area contributed by atoms with Crippen LogP contribution >= 0.6 is 0 Å². The minimum atomic E-state index is -1.92. The highest BCUT2D eigenvalue weighted by Crippen LogP contribution is 2.48. The second kappa shape index (κ2) is 9.06. The molecule has 5 atom stereocenters. The number of aromatic hydroxyl groups is 1. The van der Waals surface area contributed by atoms with Crippen molar-refractivity contribution in [1.82, 2.24) is 0 Å². The van der Waals surface area contributed by atoms with Crippen molar-refractivity contribution in [3.8, 4) is 11.5 Å². The van der Waals surface area contributed by atoms with E-state index >= 15 is 0 Å². The zero-order valence-electron chi connectivity index (χ0n) is 20.0. The number of allylic oxidation sites excluding steroid dienone is 1. The molecule has 0 spiro atoms. The third-order valence-corrected chi connectivity index (χ3v) is 7.35. The number of benzene rings is 2. The Labute approximate surface area is 200 Å². The van der Waals surface area contributed by atoms with Crippen molar-refractivity contribution in [1.29, 1.82) is 0 Å². The van der Waals surface area contributed by atoms with Gasteiger partial charge in [-0.3, -0.25) is 4.79 Å². The van der Waals surface area contributed by atoms with E-state index in [1.807, 2.05) is 6.08 Å². The first-order valence-corrected chi connectivity index (χ1v) is 11.6. The summed E-state index contributed by atoms with van der Waals surface area (Å²) in [5.41, 5.74) is -0.599. The summed E-state index contributed by atoms with van der Waals surface area (Å²) in [4.78, 5) is 12.8. The highest BCUT2D eigenvalue weighted by molar-refractivity contribution is 6.00. The SMILES string of the molecule is COc1ccc([C@]2(O)c3c(ccc(C=C[C@]4(C)CC[C@H](O)[C@@H](C)C4)c3O)NC(=O)[C@H]2OC)cc1. The summed E-state index contributed by atoms with van der Waals surface area (Å²) >= 11 is 0. The molecule has 1 aliphatic carbocycles. The predicted octanol–water partition coefficient (Wildman–Crippen LogP) is 3.80. The highest BCUT2D eigenvalue weighted by Gasteiger charge is 2.51. The third kappa shape index (κ3) is 4.08. The van der Waals surface area contributed by atoms with Gasteiger partial charge in [0, 0.05) is 12.7 Å². The van der Waals surface area contributed by atoms with Crippen LogP contribution in [-0.2, 0) is 15.1 Å². The number of anilines is 1. The molecule has 1 fully saturated rings. The molecule has 2 aromatic carbocycles. The van der Waals surface area contributed by atoms with Gasteiger partial charge in [0.1, 0.15) is 11.5 Å². The van der Waals surface area contributed by atoms with Gasteiger partial charge in [-0.1, -0.05) is 38.1 Å². The number of aliphatic hydroxyl groups is 2. The van der Waals surface area contributed by atoms with Crippen molar-refractivity contribution in [2.24, 2.45) is 11.3 Å². The Morgan fingerprint density at radius 2 is 1.85 bits per heavy atom. The summed E-state index contributed by atoms with van der Waals surface area (Å²) in [6, 6.07) is 10.1. The maximum atomic E-state index is 12.8. The molecule has 34 heavy (non-hydrogen) atoms. The second-order valence-corrected chi connectivity index (χ2v) is 9.80. The Bertz CT molecular complexity index is 1100. The molecular weight excluding hydrogens is 434 g/mol. The van der Waals surface area contributed by atoms with Crippen molar-refractivity contribution < 1.29 is 29.6 Å². The molecule has 0 unspecified atom stereocenters. The Morgan fingerprint density at radius 1 is 1.15 bits per heavy atom. The fourth-order valence-electron chi connectivity index (χ4n) is 5.35. The van der Waals surface area contributed by atoms with Crippen molar-refractivity contribution in [2.75, 3.05) is 19.5 Å². The molecule has 0 radical (unpaired) electrons. The molecule has 0 bridgehead atoms. The number of fused-ring (bicyclic) bond motifs is 1. The van der Waals surface area contributed by atoms with Crippen molar-refractivity contribution >= 4 is 17.7 Å². The van der Waals surface area contributed by atoms with E-state index in [1.54, 1.807) is 43.5 Å². The van der Waals surface area contributed by atoms with E-state index in [-0.39, 0.29) is 28.7 Å². The summed E-state index contributed by atoms with van der Waals surface area (Å²) in [5, 5.41) is 36.2. The number of phenols is 1. The van der Waals surface area contributed by atoms with Crippen LogP contribution in [0.25, 0.3) is 6.08 Å². The lowest BCUT2D eigenvalue weighted by Crippen LogP contribution is -2.52. The minimum Gasteiger partial charge on any atom is -0.507 e. The van der Waals surface area contributed by atoms with Gasteiger partial charge >= 0.3 is 0 Å². The van der Waals surface area contributed by atoms with Gasteiger partial charge < -0.3 is 30.1 Å². The Hall–Kier alpha value is -2.87. The smallest absolute Gasteiger partial charge is 0.257 e. The monoisotopic (exact) mass is 467 g/mol. The van der Waals surface area contributed by atoms with Gasteiger partial charge in [-0.2, -0.15) is 0 Å². The number of carbonyl (C=O) groups is 1. The van der Waals surface area contributed by atoms with E-state index in [4.69, 9.17) is 9.47 Å². The predicted molar refractivity (Wildman–Crippen MR) is 130 cm³/mol. The van der Waals surface area contributed by atoms with Crippen LogP contribution in [0.4, 0.5) is 5.69 Å². The quantitative estimate of drug-likeness (QED) is 0.533. The average molecular weight is 468 g/mol. The number of nitrogens with one attached hydrogen (secondary N) is 1. The number of hydrogen-bond acceptors (Lipinski definition) is 6. The van der Waals surface area contributed by atoms with Gasteiger partial charge in [0.25, 0.3) is 5.91 Å². The topological polar surface area (TPSA) is 108 Å².